The van der Waals surface area contributed by atoms with Gasteiger partial charge in [-0.3, -0.25) is 20.4 Å². The van der Waals surface area contributed by atoms with Crippen LogP contribution >= 0.6 is 0 Å². The summed E-state index contributed by atoms with van der Waals surface area (Å²) < 4.78 is 10.4. The maximum Gasteiger partial charge on any atom is 0.314 e. The van der Waals surface area contributed by atoms with E-state index in [-0.39, 0.29) is 19.2 Å². The number of nitrogens with zero attached hydrogens (tertiary/aromatic N) is 1. The minimum atomic E-state index is -0.545. The van der Waals surface area contributed by atoms with Crippen molar-refractivity contribution in [2.24, 2.45) is 11.7 Å². The molecule has 0 aromatic heterocycles. The molecule has 0 unspecified atom stereocenters. The first kappa shape index (κ1) is 15.9. The van der Waals surface area contributed by atoms with Gasteiger partial charge in [0.05, 0.1) is 5.92 Å². The molecule has 0 saturated carbocycles. The standard InChI is InChI=1S/C15H18N4O5/c16-15(22)19-5-1-2-10(7-19)14(21)18-17-13(20)9-3-4-11-12(6-9)24-8-23-11/h3-4,6,10H,1-2,5,7-8H2,(H2,16,22)(H,17,20)(H,18,21)/t10-/m0/s1. The van der Waals surface area contributed by atoms with Crippen LogP contribution in [0.15, 0.2) is 18.2 Å². The van der Waals surface area contributed by atoms with Gasteiger partial charge in [0.15, 0.2) is 11.5 Å². The van der Waals surface area contributed by atoms with Gasteiger partial charge in [-0.1, -0.05) is 0 Å². The molecule has 4 amide bonds. The third-order valence-corrected chi connectivity index (χ3v) is 4.04. The summed E-state index contributed by atoms with van der Waals surface area (Å²) in [6, 6.07) is 4.20. The maximum atomic E-state index is 12.1. The maximum absolute atomic E-state index is 12.1. The highest BCUT2D eigenvalue weighted by atomic mass is 16.7. The van der Waals surface area contributed by atoms with Crippen LogP contribution in [-0.4, -0.2) is 42.6 Å². The lowest BCUT2D eigenvalue weighted by molar-refractivity contribution is -0.127. The molecule has 0 aliphatic carbocycles. The number of hydrogen-bond donors (Lipinski definition) is 3. The summed E-state index contributed by atoms with van der Waals surface area (Å²) in [4.78, 5) is 36.9. The van der Waals surface area contributed by atoms with E-state index in [2.05, 4.69) is 10.9 Å². The number of likely N-dealkylation sites (tertiary alicyclic amines) is 1. The van der Waals surface area contributed by atoms with Crippen LogP contribution in [0, 0.1) is 5.92 Å². The van der Waals surface area contributed by atoms with Gasteiger partial charge in [-0.15, -0.1) is 0 Å². The van der Waals surface area contributed by atoms with Crippen LogP contribution in [0.2, 0.25) is 0 Å². The molecule has 2 aliphatic heterocycles. The average Bonchev–Trinajstić information content (AvgIpc) is 3.07. The summed E-state index contributed by atoms with van der Waals surface area (Å²) in [5.74, 6) is -0.162. The Balaban J connectivity index is 1.54. The van der Waals surface area contributed by atoms with E-state index in [9.17, 15) is 14.4 Å². The van der Waals surface area contributed by atoms with E-state index < -0.39 is 17.9 Å². The molecule has 0 radical (unpaired) electrons. The van der Waals surface area contributed by atoms with Gasteiger partial charge in [-0.25, -0.2) is 4.79 Å². The van der Waals surface area contributed by atoms with E-state index >= 15 is 0 Å². The monoisotopic (exact) mass is 334 g/mol. The number of nitrogens with one attached hydrogen (secondary N) is 2. The lowest BCUT2D eigenvalue weighted by atomic mass is 9.98. The topological polar surface area (TPSA) is 123 Å². The second-order valence-corrected chi connectivity index (χ2v) is 5.63. The number of amides is 4. The van der Waals surface area contributed by atoms with Crippen molar-refractivity contribution < 1.29 is 23.9 Å². The number of ether oxygens (including phenoxy) is 2. The van der Waals surface area contributed by atoms with Crippen LogP contribution in [-0.2, 0) is 4.79 Å². The zero-order chi connectivity index (χ0) is 17.1. The summed E-state index contributed by atoms with van der Waals surface area (Å²) in [6.45, 7) is 0.916. The summed E-state index contributed by atoms with van der Waals surface area (Å²) in [5, 5.41) is 0. The van der Waals surface area contributed by atoms with E-state index in [0.717, 1.165) is 0 Å². The molecule has 3 rings (SSSR count). The number of fused-ring (bicyclic) bond motifs is 1. The van der Waals surface area contributed by atoms with Gasteiger partial charge < -0.3 is 20.1 Å². The molecule has 24 heavy (non-hydrogen) atoms. The van der Waals surface area contributed by atoms with Crippen LogP contribution in [0.5, 0.6) is 11.5 Å². The molecule has 2 heterocycles. The van der Waals surface area contributed by atoms with E-state index in [1.54, 1.807) is 18.2 Å². The quantitative estimate of drug-likeness (QED) is 0.655. The van der Waals surface area contributed by atoms with Crippen molar-refractivity contribution >= 4 is 17.8 Å². The van der Waals surface area contributed by atoms with Gasteiger partial charge in [0.2, 0.25) is 12.7 Å². The van der Waals surface area contributed by atoms with Gasteiger partial charge in [-0.2, -0.15) is 0 Å². The van der Waals surface area contributed by atoms with Crippen molar-refractivity contribution in [3.63, 3.8) is 0 Å². The van der Waals surface area contributed by atoms with E-state index in [1.807, 2.05) is 0 Å². The van der Waals surface area contributed by atoms with Crippen LogP contribution < -0.4 is 26.1 Å². The molecule has 9 nitrogen and oxygen atoms in total. The lowest BCUT2D eigenvalue weighted by Gasteiger charge is -2.30. The van der Waals surface area contributed by atoms with Crippen molar-refractivity contribution in [3.8, 4) is 11.5 Å². The molecular weight excluding hydrogens is 316 g/mol. The van der Waals surface area contributed by atoms with Crippen LogP contribution in [0.3, 0.4) is 0 Å². The van der Waals surface area contributed by atoms with Crippen LogP contribution in [0.4, 0.5) is 4.79 Å². The number of primary amides is 1. The van der Waals surface area contributed by atoms with E-state index in [1.165, 1.54) is 4.90 Å². The van der Waals surface area contributed by atoms with Gasteiger partial charge in [0.1, 0.15) is 0 Å². The van der Waals surface area contributed by atoms with Crippen molar-refractivity contribution in [2.75, 3.05) is 19.9 Å². The van der Waals surface area contributed by atoms with Gasteiger partial charge >= 0.3 is 6.03 Å². The largest absolute Gasteiger partial charge is 0.454 e. The number of rotatable bonds is 2. The predicted molar refractivity (Wildman–Crippen MR) is 82.1 cm³/mol. The summed E-state index contributed by atoms with van der Waals surface area (Å²) in [5.41, 5.74) is 10.3. The molecule has 0 bridgehead atoms. The summed E-state index contributed by atoms with van der Waals surface area (Å²) >= 11 is 0. The number of hydrazine groups is 1. The Morgan fingerprint density at radius 1 is 1.17 bits per heavy atom. The highest BCUT2D eigenvalue weighted by molar-refractivity contribution is 5.96. The number of nitrogens with two attached hydrogens (primary N) is 1. The molecule has 128 valence electrons. The molecule has 2 aliphatic rings. The predicted octanol–water partition coefficient (Wildman–Crippen LogP) is -0.0330. The average molecular weight is 334 g/mol. The van der Waals surface area contributed by atoms with Gasteiger partial charge in [-0.05, 0) is 31.0 Å². The molecule has 0 spiro atoms. The number of urea groups is 1. The minimum absolute atomic E-state index is 0.120. The second kappa shape index (κ2) is 6.65. The molecule has 1 aromatic rings. The first-order valence-electron chi connectivity index (χ1n) is 7.59. The highest BCUT2D eigenvalue weighted by Gasteiger charge is 2.27. The van der Waals surface area contributed by atoms with E-state index in [0.29, 0.717) is 36.4 Å². The number of benzene rings is 1. The van der Waals surface area contributed by atoms with Gasteiger partial charge in [0.25, 0.3) is 5.91 Å². The Kier molecular flexibility index (Phi) is 4.41. The second-order valence-electron chi connectivity index (χ2n) is 5.63. The zero-order valence-electron chi connectivity index (χ0n) is 12.9. The Morgan fingerprint density at radius 3 is 2.75 bits per heavy atom. The number of piperidine rings is 1. The normalized spacial score (nSPS) is 18.8. The van der Waals surface area contributed by atoms with Crippen LogP contribution in [0.25, 0.3) is 0 Å². The smallest absolute Gasteiger partial charge is 0.314 e. The van der Waals surface area contributed by atoms with E-state index in [4.69, 9.17) is 15.2 Å². The fraction of sp³-hybridized carbons (Fsp3) is 0.400. The Bertz CT molecular complexity index is 678. The molecule has 9 heteroatoms. The van der Waals surface area contributed by atoms with Crippen molar-refractivity contribution in [1.29, 1.82) is 0 Å². The number of carbonyl (C=O) groups excluding carboxylic acids is 3. The van der Waals surface area contributed by atoms with Crippen molar-refractivity contribution in [1.82, 2.24) is 15.8 Å². The van der Waals surface area contributed by atoms with Crippen molar-refractivity contribution in [2.45, 2.75) is 12.8 Å². The zero-order valence-corrected chi connectivity index (χ0v) is 12.9. The molecule has 1 saturated heterocycles. The minimum Gasteiger partial charge on any atom is -0.454 e. The van der Waals surface area contributed by atoms with Gasteiger partial charge in [0, 0.05) is 18.7 Å². The number of carbonyl (C=O) groups is 3. The summed E-state index contributed by atoms with van der Waals surface area (Å²) in [6.07, 6.45) is 1.33. The van der Waals surface area contributed by atoms with Crippen LogP contribution in [0.1, 0.15) is 23.2 Å². The number of hydrogen-bond acceptors (Lipinski definition) is 5. The molecular formula is C15H18N4O5. The Labute approximate surface area is 138 Å². The highest BCUT2D eigenvalue weighted by Crippen LogP contribution is 2.32. The molecule has 1 atom stereocenters. The first-order chi connectivity index (χ1) is 11.5. The summed E-state index contributed by atoms with van der Waals surface area (Å²) in [7, 11) is 0. The fourth-order valence-electron chi connectivity index (χ4n) is 2.72. The molecule has 4 N–H and O–H groups in total. The SMILES string of the molecule is NC(=O)N1CCC[C@H](C(=O)NNC(=O)c2ccc3c(c2)OCO3)C1. The van der Waals surface area contributed by atoms with Crippen molar-refractivity contribution in [3.05, 3.63) is 23.8 Å². The Morgan fingerprint density at radius 2 is 1.96 bits per heavy atom. The Hall–Kier alpha value is -2.97. The molecule has 1 aromatic carbocycles. The first-order valence-corrected chi connectivity index (χ1v) is 7.59. The third kappa shape index (κ3) is 3.34. The lowest BCUT2D eigenvalue weighted by Crippen LogP contribution is -2.50. The molecule has 1 fully saturated rings. The fourth-order valence-corrected chi connectivity index (χ4v) is 2.72. The third-order valence-electron chi connectivity index (χ3n) is 4.04.